The van der Waals surface area contributed by atoms with Gasteiger partial charge in [-0.2, -0.15) is 0 Å². The molecule has 2 rings (SSSR count). The highest BCUT2D eigenvalue weighted by atomic mass is 32.1. The molecule has 0 bridgehead atoms. The largest absolute Gasteiger partial charge is 0.490 e. The van der Waals surface area contributed by atoms with E-state index in [2.05, 4.69) is 23.7 Å². The maximum Gasteiger partial charge on any atom is 0.355 e. The fourth-order valence-corrected chi connectivity index (χ4v) is 3.15. The fraction of sp³-hybridized carbons (Fsp3) is 0.444. The lowest BCUT2D eigenvalue weighted by Crippen LogP contribution is -2.27. The molecular weight excluding hydrogens is 340 g/mol. The van der Waals surface area contributed by atoms with Crippen LogP contribution in [-0.4, -0.2) is 53.8 Å². The summed E-state index contributed by atoms with van der Waals surface area (Å²) in [5, 5.41) is 11.2. The second-order valence-electron chi connectivity index (χ2n) is 5.31. The number of rotatable bonds is 10. The molecule has 2 aromatic rings. The van der Waals surface area contributed by atoms with Crippen LogP contribution in [0.1, 0.15) is 31.3 Å². The van der Waals surface area contributed by atoms with Crippen LogP contribution in [0.25, 0.3) is 10.6 Å². The Morgan fingerprint density at radius 3 is 2.56 bits per heavy atom. The maximum atomic E-state index is 11.0. The first kappa shape index (κ1) is 19.2. The van der Waals surface area contributed by atoms with E-state index in [0.717, 1.165) is 25.2 Å². The van der Waals surface area contributed by atoms with E-state index in [9.17, 15) is 4.79 Å². The second-order valence-corrected chi connectivity index (χ2v) is 6.17. The summed E-state index contributed by atoms with van der Waals surface area (Å²) in [6.07, 6.45) is 0. The van der Waals surface area contributed by atoms with E-state index in [4.69, 9.17) is 14.6 Å². The van der Waals surface area contributed by atoms with Gasteiger partial charge >= 0.3 is 5.97 Å². The first-order chi connectivity index (χ1) is 12.1. The lowest BCUT2D eigenvalue weighted by molar-refractivity contribution is 0.0691. The van der Waals surface area contributed by atoms with Crippen molar-refractivity contribution in [3.63, 3.8) is 0 Å². The molecule has 6 nitrogen and oxygen atoms in total. The molecule has 0 aliphatic carbocycles. The van der Waals surface area contributed by atoms with Gasteiger partial charge in [-0.05, 0) is 38.2 Å². The van der Waals surface area contributed by atoms with Crippen molar-refractivity contribution < 1.29 is 19.4 Å². The zero-order chi connectivity index (χ0) is 18.2. The summed E-state index contributed by atoms with van der Waals surface area (Å²) < 4.78 is 11.6. The van der Waals surface area contributed by atoms with Crippen LogP contribution in [0.5, 0.6) is 11.5 Å². The second kappa shape index (κ2) is 9.39. The molecule has 25 heavy (non-hydrogen) atoms. The third kappa shape index (κ3) is 5.17. The summed E-state index contributed by atoms with van der Waals surface area (Å²) in [6.45, 7) is 10.1. The number of thiazole rings is 1. The number of aromatic nitrogens is 1. The van der Waals surface area contributed by atoms with E-state index >= 15 is 0 Å². The topological polar surface area (TPSA) is 71.9 Å². The zero-order valence-electron chi connectivity index (χ0n) is 14.8. The van der Waals surface area contributed by atoms with E-state index in [1.807, 2.05) is 25.1 Å². The lowest BCUT2D eigenvalue weighted by atomic mass is 10.2. The highest BCUT2D eigenvalue weighted by molar-refractivity contribution is 7.13. The van der Waals surface area contributed by atoms with Crippen LogP contribution in [-0.2, 0) is 0 Å². The first-order valence-electron chi connectivity index (χ1n) is 8.40. The van der Waals surface area contributed by atoms with Crippen molar-refractivity contribution in [2.75, 3.05) is 32.8 Å². The first-order valence-corrected chi connectivity index (χ1v) is 9.28. The Labute approximate surface area is 152 Å². The maximum absolute atomic E-state index is 11.0. The van der Waals surface area contributed by atoms with Gasteiger partial charge in [0.2, 0.25) is 0 Å². The quantitative estimate of drug-likeness (QED) is 0.694. The number of ether oxygens (including phenoxy) is 2. The van der Waals surface area contributed by atoms with Crippen LogP contribution in [0.3, 0.4) is 0 Å². The molecule has 0 amide bonds. The number of hydrogen-bond donors (Lipinski definition) is 1. The van der Waals surface area contributed by atoms with Crippen molar-refractivity contribution in [1.29, 1.82) is 0 Å². The molecule has 0 saturated heterocycles. The highest BCUT2D eigenvalue weighted by Crippen LogP contribution is 2.34. The molecule has 7 heteroatoms. The van der Waals surface area contributed by atoms with Gasteiger partial charge in [0.1, 0.15) is 11.6 Å². The Morgan fingerprint density at radius 2 is 1.96 bits per heavy atom. The lowest BCUT2D eigenvalue weighted by Gasteiger charge is -2.19. The Hall–Kier alpha value is -2.12. The summed E-state index contributed by atoms with van der Waals surface area (Å²) in [7, 11) is 0. The zero-order valence-corrected chi connectivity index (χ0v) is 15.6. The van der Waals surface area contributed by atoms with Gasteiger partial charge in [0.15, 0.2) is 17.2 Å². The average molecular weight is 364 g/mol. The number of hydrogen-bond acceptors (Lipinski definition) is 6. The molecule has 0 radical (unpaired) electrons. The summed E-state index contributed by atoms with van der Waals surface area (Å²) in [6, 6.07) is 5.57. The van der Waals surface area contributed by atoms with Gasteiger partial charge in [0, 0.05) is 17.5 Å². The molecule has 136 valence electrons. The monoisotopic (exact) mass is 364 g/mol. The molecule has 0 aliphatic rings. The van der Waals surface area contributed by atoms with Crippen molar-refractivity contribution in [2.45, 2.75) is 20.8 Å². The Bertz CT molecular complexity index is 698. The number of carboxylic acid groups (broad SMARTS) is 1. The highest BCUT2D eigenvalue weighted by Gasteiger charge is 2.13. The van der Waals surface area contributed by atoms with Crippen LogP contribution in [0, 0.1) is 0 Å². The Morgan fingerprint density at radius 1 is 1.20 bits per heavy atom. The van der Waals surface area contributed by atoms with Gasteiger partial charge < -0.3 is 19.5 Å². The predicted octanol–water partition coefficient (Wildman–Crippen LogP) is 3.63. The molecule has 0 spiro atoms. The molecule has 0 fully saturated rings. The van der Waals surface area contributed by atoms with Gasteiger partial charge in [-0.1, -0.05) is 13.8 Å². The number of aromatic carboxylic acids is 1. The molecule has 0 atom stereocenters. The van der Waals surface area contributed by atoms with E-state index in [1.54, 1.807) is 0 Å². The Kier molecular flexibility index (Phi) is 7.21. The number of nitrogens with zero attached hydrogens (tertiary/aromatic N) is 2. The van der Waals surface area contributed by atoms with Gasteiger partial charge in [0.25, 0.3) is 0 Å². The number of likely N-dealkylation sites (N-methyl/N-ethyl adjacent to an activating group) is 1. The predicted molar refractivity (Wildman–Crippen MR) is 99.0 cm³/mol. The van der Waals surface area contributed by atoms with Gasteiger partial charge in [-0.3, -0.25) is 0 Å². The van der Waals surface area contributed by atoms with Crippen molar-refractivity contribution in [1.82, 2.24) is 9.88 Å². The van der Waals surface area contributed by atoms with Gasteiger partial charge in [-0.25, -0.2) is 9.78 Å². The van der Waals surface area contributed by atoms with Crippen LogP contribution < -0.4 is 9.47 Å². The molecular formula is C18H24N2O4S. The molecule has 1 N–H and O–H groups in total. The van der Waals surface area contributed by atoms with Gasteiger partial charge in [-0.15, -0.1) is 11.3 Å². The summed E-state index contributed by atoms with van der Waals surface area (Å²) in [4.78, 5) is 17.4. The molecule has 0 saturated carbocycles. The molecule has 1 aromatic heterocycles. The van der Waals surface area contributed by atoms with E-state index in [1.165, 1.54) is 16.7 Å². The van der Waals surface area contributed by atoms with Crippen LogP contribution in [0.2, 0.25) is 0 Å². The molecule has 1 aromatic carbocycles. The van der Waals surface area contributed by atoms with Crippen molar-refractivity contribution in [3.8, 4) is 22.1 Å². The molecule has 1 heterocycles. The van der Waals surface area contributed by atoms with Crippen molar-refractivity contribution >= 4 is 17.3 Å². The fourth-order valence-electron chi connectivity index (χ4n) is 2.36. The summed E-state index contributed by atoms with van der Waals surface area (Å²) in [5.41, 5.74) is 0.870. The normalized spacial score (nSPS) is 10.9. The van der Waals surface area contributed by atoms with Crippen molar-refractivity contribution in [2.24, 2.45) is 0 Å². The minimum absolute atomic E-state index is 0.0532. The van der Waals surface area contributed by atoms with Crippen LogP contribution >= 0.6 is 11.3 Å². The van der Waals surface area contributed by atoms with Crippen LogP contribution in [0.15, 0.2) is 23.6 Å². The summed E-state index contributed by atoms with van der Waals surface area (Å²) in [5.74, 6) is 0.309. The number of carboxylic acids is 1. The SMILES string of the molecule is CCOc1cc(-c2nc(C(=O)O)cs2)ccc1OCCN(CC)CC. The summed E-state index contributed by atoms with van der Waals surface area (Å²) >= 11 is 1.30. The molecule has 0 aliphatic heterocycles. The number of carbonyl (C=O) groups is 1. The van der Waals surface area contributed by atoms with Crippen molar-refractivity contribution in [3.05, 3.63) is 29.3 Å². The minimum Gasteiger partial charge on any atom is -0.490 e. The molecule has 0 unspecified atom stereocenters. The number of benzene rings is 1. The average Bonchev–Trinajstić information content (AvgIpc) is 3.10. The van der Waals surface area contributed by atoms with Crippen LogP contribution in [0.4, 0.5) is 0 Å². The van der Waals surface area contributed by atoms with E-state index < -0.39 is 5.97 Å². The third-order valence-electron chi connectivity index (χ3n) is 3.77. The smallest absolute Gasteiger partial charge is 0.355 e. The van der Waals surface area contributed by atoms with Gasteiger partial charge in [0.05, 0.1) is 6.61 Å². The van der Waals surface area contributed by atoms with E-state index in [0.29, 0.717) is 29.7 Å². The minimum atomic E-state index is -1.02. The third-order valence-corrected chi connectivity index (χ3v) is 4.66. The standard InChI is InChI=1S/C18H24N2O4S/c1-4-20(5-2)9-10-24-15-8-7-13(11-16(15)23-6-3)17-19-14(12-25-17)18(21)22/h7-8,11-12H,4-6,9-10H2,1-3H3,(H,21,22). The Balaban J connectivity index is 2.14. The van der Waals surface area contributed by atoms with E-state index in [-0.39, 0.29) is 5.69 Å².